The maximum Gasteiger partial charge on any atom is 0.305 e. The molecule has 2 N–H and O–H groups in total. The van der Waals surface area contributed by atoms with Crippen molar-refractivity contribution in [1.29, 1.82) is 0 Å². The van der Waals surface area contributed by atoms with E-state index in [-0.39, 0.29) is 35.7 Å². The van der Waals surface area contributed by atoms with Gasteiger partial charge in [-0.1, -0.05) is 54.4 Å². The number of carbonyl (C=O) groups excluding carboxylic acids is 1. The molecule has 0 amide bonds. The highest BCUT2D eigenvalue weighted by atomic mass is 35.5. The summed E-state index contributed by atoms with van der Waals surface area (Å²) in [5.41, 5.74) is 2.17. The van der Waals surface area contributed by atoms with Gasteiger partial charge < -0.3 is 14.9 Å². The molecule has 5 atom stereocenters. The number of methoxy groups -OCH3 is 1. The number of rotatable bonds is 14. The van der Waals surface area contributed by atoms with E-state index in [0.29, 0.717) is 19.3 Å². The standard InChI is InChI=1S/C32H42ClFO4S/c1-38-30(37)11-5-3-2-4-9-25-26(34)20-27(35)31(25)23-14-12-22(13-15-23)8-6-10-28(36)32(18-7-19-32)21-24-16-17-29(33)39-24/h2,4,12-17,25-28,31,35-36H,3,5-11,18-21H2,1H3/b4-2-/t25-,26?,27+,28?,31-/m0/s1. The molecule has 0 spiro atoms. The lowest BCUT2D eigenvalue weighted by Crippen LogP contribution is -2.43. The van der Waals surface area contributed by atoms with Crippen molar-refractivity contribution >= 4 is 28.9 Å². The molecule has 2 aliphatic carbocycles. The maximum atomic E-state index is 14.8. The predicted octanol–water partition coefficient (Wildman–Crippen LogP) is 7.59. The Balaban J connectivity index is 1.26. The third-order valence-corrected chi connectivity index (χ3v) is 10.1. The second kappa shape index (κ2) is 14.2. The first-order valence-electron chi connectivity index (χ1n) is 14.4. The van der Waals surface area contributed by atoms with Crippen LogP contribution in [0.25, 0.3) is 0 Å². The van der Waals surface area contributed by atoms with Crippen LogP contribution in [0.3, 0.4) is 0 Å². The molecule has 214 valence electrons. The van der Waals surface area contributed by atoms with Crippen LogP contribution in [0.1, 0.15) is 86.1 Å². The number of alkyl halides is 1. The average Bonchev–Trinajstić information content (AvgIpc) is 3.44. The van der Waals surface area contributed by atoms with E-state index in [1.165, 1.54) is 24.0 Å². The fourth-order valence-corrected chi connectivity index (χ4v) is 7.67. The summed E-state index contributed by atoms with van der Waals surface area (Å²) in [4.78, 5) is 12.5. The topological polar surface area (TPSA) is 66.8 Å². The molecule has 0 aliphatic heterocycles. The van der Waals surface area contributed by atoms with Gasteiger partial charge in [0, 0.05) is 35.0 Å². The second-order valence-corrected chi connectivity index (χ2v) is 13.2. The SMILES string of the molecule is COC(=O)CCC/C=C\C[C@H]1C(F)C[C@@H](O)[C@H]1c1ccc(CCCC(O)C2(Cc3ccc(Cl)s3)CCC2)cc1. The van der Waals surface area contributed by atoms with Gasteiger partial charge in [-0.3, -0.25) is 4.79 Å². The summed E-state index contributed by atoms with van der Waals surface area (Å²) in [6.45, 7) is 0. The Morgan fingerprint density at radius 3 is 2.62 bits per heavy atom. The van der Waals surface area contributed by atoms with Crippen molar-refractivity contribution in [3.8, 4) is 0 Å². The van der Waals surface area contributed by atoms with Gasteiger partial charge in [-0.25, -0.2) is 4.39 Å². The lowest BCUT2D eigenvalue weighted by Gasteiger charge is -2.45. The van der Waals surface area contributed by atoms with E-state index in [9.17, 15) is 19.4 Å². The van der Waals surface area contributed by atoms with Crippen LogP contribution < -0.4 is 0 Å². The molecule has 4 rings (SSSR count). The molecule has 2 aromatic rings. The summed E-state index contributed by atoms with van der Waals surface area (Å²) in [6.07, 6.45) is 11.3. The average molecular weight is 577 g/mol. The number of ether oxygens (including phenoxy) is 1. The Bertz CT molecular complexity index is 1080. The fourth-order valence-electron chi connectivity index (χ4n) is 6.43. The van der Waals surface area contributed by atoms with E-state index >= 15 is 0 Å². The number of hydrogen-bond donors (Lipinski definition) is 2. The van der Waals surface area contributed by atoms with Gasteiger partial charge in [-0.2, -0.15) is 0 Å². The molecule has 39 heavy (non-hydrogen) atoms. The van der Waals surface area contributed by atoms with Crippen LogP contribution in [-0.4, -0.2) is 41.7 Å². The summed E-state index contributed by atoms with van der Waals surface area (Å²) >= 11 is 7.73. The maximum absolute atomic E-state index is 14.8. The number of esters is 1. The summed E-state index contributed by atoms with van der Waals surface area (Å²) in [5, 5.41) is 21.7. The van der Waals surface area contributed by atoms with Crippen molar-refractivity contribution < 1.29 is 24.1 Å². The number of thiophene rings is 1. The zero-order valence-electron chi connectivity index (χ0n) is 22.9. The van der Waals surface area contributed by atoms with Crippen LogP contribution in [0.15, 0.2) is 48.6 Å². The number of aliphatic hydroxyl groups is 2. The van der Waals surface area contributed by atoms with Crippen molar-refractivity contribution in [2.24, 2.45) is 11.3 Å². The number of aryl methyl sites for hydroxylation is 1. The lowest BCUT2D eigenvalue weighted by atomic mass is 9.62. The molecule has 1 aromatic heterocycles. The van der Waals surface area contributed by atoms with Gasteiger partial charge in [0.05, 0.1) is 23.7 Å². The summed E-state index contributed by atoms with van der Waals surface area (Å²) < 4.78 is 20.3. The molecule has 0 saturated heterocycles. The first-order chi connectivity index (χ1) is 18.8. The Kier molecular flexibility index (Phi) is 11.0. The van der Waals surface area contributed by atoms with Crippen molar-refractivity contribution in [2.45, 2.75) is 101 Å². The number of hydrogen-bond acceptors (Lipinski definition) is 5. The smallest absolute Gasteiger partial charge is 0.305 e. The molecule has 4 nitrogen and oxygen atoms in total. The van der Waals surface area contributed by atoms with E-state index < -0.39 is 12.3 Å². The molecule has 2 fully saturated rings. The highest BCUT2D eigenvalue weighted by Gasteiger charge is 2.44. The number of benzene rings is 1. The van der Waals surface area contributed by atoms with E-state index in [2.05, 4.69) is 22.9 Å². The molecule has 2 aliphatic rings. The highest BCUT2D eigenvalue weighted by Crippen LogP contribution is 2.49. The Morgan fingerprint density at radius 1 is 1.21 bits per heavy atom. The van der Waals surface area contributed by atoms with Crippen LogP contribution in [-0.2, 0) is 22.4 Å². The van der Waals surface area contributed by atoms with Crippen LogP contribution in [0.5, 0.6) is 0 Å². The van der Waals surface area contributed by atoms with Crippen LogP contribution in [0, 0.1) is 11.3 Å². The van der Waals surface area contributed by atoms with Gasteiger partial charge in [-0.15, -0.1) is 11.3 Å². The third kappa shape index (κ3) is 7.93. The minimum absolute atomic E-state index is 0.00956. The van der Waals surface area contributed by atoms with Gasteiger partial charge in [0.1, 0.15) is 6.17 Å². The number of aliphatic hydroxyl groups excluding tert-OH is 2. The van der Waals surface area contributed by atoms with E-state index in [4.69, 9.17) is 11.6 Å². The quantitative estimate of drug-likeness (QED) is 0.138. The van der Waals surface area contributed by atoms with Crippen molar-refractivity contribution in [3.05, 3.63) is 68.9 Å². The number of carbonyl (C=O) groups is 1. The molecule has 2 saturated carbocycles. The van der Waals surface area contributed by atoms with Gasteiger partial charge in [0.2, 0.25) is 0 Å². The van der Waals surface area contributed by atoms with Crippen molar-refractivity contribution in [2.75, 3.05) is 7.11 Å². The summed E-state index contributed by atoms with van der Waals surface area (Å²) in [7, 11) is 1.39. The molecular weight excluding hydrogens is 535 g/mol. The summed E-state index contributed by atoms with van der Waals surface area (Å²) in [5.74, 6) is -0.692. The Labute approximate surface area is 241 Å². The zero-order valence-corrected chi connectivity index (χ0v) is 24.4. The Morgan fingerprint density at radius 2 is 1.97 bits per heavy atom. The van der Waals surface area contributed by atoms with Crippen LogP contribution in [0.2, 0.25) is 4.34 Å². The molecule has 0 bridgehead atoms. The molecular formula is C32H42ClFO4S. The van der Waals surface area contributed by atoms with Gasteiger partial charge in [0.15, 0.2) is 0 Å². The molecule has 7 heteroatoms. The van der Waals surface area contributed by atoms with Crippen molar-refractivity contribution in [3.63, 3.8) is 0 Å². The highest BCUT2D eigenvalue weighted by molar-refractivity contribution is 7.16. The van der Waals surface area contributed by atoms with E-state index in [0.717, 1.165) is 54.8 Å². The number of allylic oxidation sites excluding steroid dienone is 2. The first kappa shape index (κ1) is 30.2. The monoisotopic (exact) mass is 576 g/mol. The molecule has 1 aromatic carbocycles. The zero-order chi connectivity index (χ0) is 27.8. The predicted molar refractivity (Wildman–Crippen MR) is 156 cm³/mol. The van der Waals surface area contributed by atoms with Crippen LogP contribution in [0.4, 0.5) is 4.39 Å². The fraction of sp³-hybridized carbons (Fsp3) is 0.594. The van der Waals surface area contributed by atoms with Gasteiger partial charge >= 0.3 is 5.97 Å². The largest absolute Gasteiger partial charge is 0.469 e. The lowest BCUT2D eigenvalue weighted by molar-refractivity contribution is -0.140. The van der Waals surface area contributed by atoms with E-state index in [1.54, 1.807) is 11.3 Å². The summed E-state index contributed by atoms with van der Waals surface area (Å²) in [6, 6.07) is 12.3. The molecule has 0 radical (unpaired) electrons. The minimum atomic E-state index is -1.03. The molecule has 2 unspecified atom stereocenters. The van der Waals surface area contributed by atoms with E-state index in [1.807, 2.05) is 30.4 Å². The third-order valence-electron chi connectivity index (χ3n) is 8.88. The first-order valence-corrected chi connectivity index (χ1v) is 15.6. The minimum Gasteiger partial charge on any atom is -0.469 e. The van der Waals surface area contributed by atoms with Gasteiger partial charge in [-0.05, 0) is 81.0 Å². The molecule has 1 heterocycles. The second-order valence-electron chi connectivity index (χ2n) is 11.4. The number of halogens is 2. The van der Waals surface area contributed by atoms with Crippen molar-refractivity contribution in [1.82, 2.24) is 0 Å². The normalized spacial score (nSPS) is 25.1. The number of unbranched alkanes of at least 4 members (excludes halogenated alkanes) is 1. The van der Waals surface area contributed by atoms with Crippen LogP contribution >= 0.6 is 22.9 Å². The Hall–Kier alpha value is -1.73. The van der Waals surface area contributed by atoms with Gasteiger partial charge in [0.25, 0.3) is 0 Å².